The molecule has 1 atom stereocenters. The summed E-state index contributed by atoms with van der Waals surface area (Å²) in [5.74, 6) is 2.63. The van der Waals surface area contributed by atoms with E-state index < -0.39 is 11.3 Å². The molecule has 1 unspecified atom stereocenters. The van der Waals surface area contributed by atoms with Gasteiger partial charge in [-0.25, -0.2) is 4.72 Å². The molecule has 0 radical (unpaired) electrons. The predicted octanol–water partition coefficient (Wildman–Crippen LogP) is 2.42. The number of aryl methyl sites for hydroxylation is 1. The fourth-order valence-corrected chi connectivity index (χ4v) is 2.86. The van der Waals surface area contributed by atoms with Crippen LogP contribution in [0.2, 0.25) is 0 Å². The van der Waals surface area contributed by atoms with Crippen LogP contribution in [-0.4, -0.2) is 20.3 Å². The summed E-state index contributed by atoms with van der Waals surface area (Å²) in [6.45, 7) is 0.374. The van der Waals surface area contributed by atoms with E-state index in [4.69, 9.17) is 6.42 Å². The molecule has 2 aromatic rings. The van der Waals surface area contributed by atoms with Gasteiger partial charge in [0.2, 0.25) is 0 Å². The highest BCUT2D eigenvalue weighted by Crippen LogP contribution is 2.27. The second kappa shape index (κ2) is 7.04. The molecule has 1 heterocycles. The highest BCUT2D eigenvalue weighted by atomic mass is 79.9. The number of terminal acetylenes is 1. The molecule has 0 spiro atoms. The molecule has 20 heavy (non-hydrogen) atoms. The van der Waals surface area contributed by atoms with Crippen molar-refractivity contribution in [3.05, 3.63) is 33.9 Å². The van der Waals surface area contributed by atoms with E-state index in [1.165, 1.54) is 0 Å². The quantitative estimate of drug-likeness (QED) is 0.618. The first-order chi connectivity index (χ1) is 9.61. The van der Waals surface area contributed by atoms with Gasteiger partial charge in [0.1, 0.15) is 0 Å². The largest absolute Gasteiger partial charge is 0.760 e. The SMILES string of the molecule is C#CCCc1[nH]c2ccc(Br)cc2c1CCNS(=O)[O-]. The van der Waals surface area contributed by atoms with Crippen LogP contribution in [0, 0.1) is 12.3 Å². The normalized spacial score (nSPS) is 12.4. The molecule has 2 rings (SSSR count). The summed E-state index contributed by atoms with van der Waals surface area (Å²) < 4.78 is 24.5. The minimum atomic E-state index is -2.23. The van der Waals surface area contributed by atoms with Crippen LogP contribution < -0.4 is 4.72 Å². The third-order valence-electron chi connectivity index (χ3n) is 3.07. The Balaban J connectivity index is 2.32. The van der Waals surface area contributed by atoms with Crippen molar-refractivity contribution in [2.24, 2.45) is 0 Å². The summed E-state index contributed by atoms with van der Waals surface area (Å²) >= 11 is 1.23. The Bertz CT molecular complexity index is 676. The smallest absolute Gasteiger partial charge is 0.0459 e. The molecular formula is C14H14BrN2O2S-. The van der Waals surface area contributed by atoms with Crippen LogP contribution in [-0.2, 0) is 24.1 Å². The van der Waals surface area contributed by atoms with E-state index in [1.807, 2.05) is 18.2 Å². The van der Waals surface area contributed by atoms with Crippen LogP contribution in [0.1, 0.15) is 17.7 Å². The molecule has 0 fully saturated rings. The zero-order chi connectivity index (χ0) is 14.5. The molecule has 0 aliphatic rings. The summed E-state index contributed by atoms with van der Waals surface area (Å²) in [5, 5.41) is 1.10. The molecule has 0 amide bonds. The molecule has 1 aromatic carbocycles. The summed E-state index contributed by atoms with van der Waals surface area (Å²) in [4.78, 5) is 3.37. The van der Waals surface area contributed by atoms with E-state index >= 15 is 0 Å². The van der Waals surface area contributed by atoms with Gasteiger partial charge < -0.3 is 9.54 Å². The number of rotatable bonds is 6. The van der Waals surface area contributed by atoms with Crippen LogP contribution in [0.15, 0.2) is 22.7 Å². The zero-order valence-electron chi connectivity index (χ0n) is 10.7. The zero-order valence-corrected chi connectivity index (χ0v) is 13.1. The van der Waals surface area contributed by atoms with Crippen molar-refractivity contribution >= 4 is 38.1 Å². The average Bonchev–Trinajstić information content (AvgIpc) is 2.74. The Morgan fingerprint density at radius 3 is 2.95 bits per heavy atom. The van der Waals surface area contributed by atoms with Crippen LogP contribution in [0.3, 0.4) is 0 Å². The highest BCUT2D eigenvalue weighted by molar-refractivity contribution is 9.10. The second-order valence-corrected chi connectivity index (χ2v) is 6.03. The van der Waals surface area contributed by atoms with Gasteiger partial charge in [0, 0.05) is 45.3 Å². The maximum Gasteiger partial charge on any atom is 0.0459 e. The van der Waals surface area contributed by atoms with E-state index in [9.17, 15) is 8.76 Å². The standard InChI is InChI=1S/C14H15BrN2O2S/c1-2-3-4-13-11(7-8-16-20(18)19)12-9-10(15)5-6-14(12)17-13/h1,5-6,9,16-17H,3-4,7-8H2,(H,18,19)/p-1. The number of hydrogen-bond donors (Lipinski definition) is 2. The lowest BCUT2D eigenvalue weighted by Gasteiger charge is -2.08. The molecule has 2 N–H and O–H groups in total. The van der Waals surface area contributed by atoms with Crippen molar-refractivity contribution in [2.75, 3.05) is 6.54 Å². The second-order valence-electron chi connectivity index (χ2n) is 4.36. The van der Waals surface area contributed by atoms with Crippen LogP contribution >= 0.6 is 15.9 Å². The third-order valence-corrected chi connectivity index (χ3v) is 4.00. The Hall–Kier alpha value is -1.13. The summed E-state index contributed by atoms with van der Waals surface area (Å²) in [6, 6.07) is 6.01. The molecule has 0 aliphatic heterocycles. The maximum atomic E-state index is 10.5. The van der Waals surface area contributed by atoms with Crippen molar-refractivity contribution in [3.63, 3.8) is 0 Å². The predicted molar refractivity (Wildman–Crippen MR) is 83.8 cm³/mol. The van der Waals surface area contributed by atoms with Crippen molar-refractivity contribution in [1.82, 2.24) is 9.71 Å². The van der Waals surface area contributed by atoms with Gasteiger partial charge in [0.25, 0.3) is 0 Å². The van der Waals surface area contributed by atoms with Gasteiger partial charge >= 0.3 is 0 Å². The summed E-state index contributed by atoms with van der Waals surface area (Å²) in [7, 11) is 0. The third kappa shape index (κ3) is 3.70. The lowest BCUT2D eigenvalue weighted by atomic mass is 10.1. The average molecular weight is 354 g/mol. The minimum Gasteiger partial charge on any atom is -0.760 e. The molecule has 0 saturated heterocycles. The molecular weight excluding hydrogens is 340 g/mol. The van der Waals surface area contributed by atoms with Gasteiger partial charge in [0.15, 0.2) is 0 Å². The topological polar surface area (TPSA) is 68.0 Å². The van der Waals surface area contributed by atoms with Crippen molar-refractivity contribution in [3.8, 4) is 12.3 Å². The molecule has 0 bridgehead atoms. The van der Waals surface area contributed by atoms with Crippen LogP contribution in [0.4, 0.5) is 0 Å². The molecule has 0 saturated carbocycles. The fourth-order valence-electron chi connectivity index (χ4n) is 2.23. The van der Waals surface area contributed by atoms with Gasteiger partial charge in [0.05, 0.1) is 0 Å². The number of benzene rings is 1. The molecule has 106 valence electrons. The lowest BCUT2D eigenvalue weighted by molar-refractivity contribution is 0.523. The molecule has 4 nitrogen and oxygen atoms in total. The number of fused-ring (bicyclic) bond motifs is 1. The van der Waals surface area contributed by atoms with Crippen molar-refractivity contribution in [2.45, 2.75) is 19.3 Å². The number of aromatic nitrogens is 1. The van der Waals surface area contributed by atoms with Gasteiger partial charge in [-0.2, -0.15) is 0 Å². The van der Waals surface area contributed by atoms with E-state index in [2.05, 4.69) is 31.6 Å². The van der Waals surface area contributed by atoms with E-state index in [1.54, 1.807) is 0 Å². The van der Waals surface area contributed by atoms with Gasteiger partial charge in [-0.3, -0.25) is 4.21 Å². The van der Waals surface area contributed by atoms with Crippen LogP contribution in [0.5, 0.6) is 0 Å². The van der Waals surface area contributed by atoms with Crippen LogP contribution in [0.25, 0.3) is 10.9 Å². The first-order valence-corrected chi connectivity index (χ1v) is 8.04. The van der Waals surface area contributed by atoms with E-state index in [0.717, 1.165) is 33.1 Å². The van der Waals surface area contributed by atoms with E-state index in [0.29, 0.717) is 19.4 Å². The molecule has 6 heteroatoms. The summed E-state index contributed by atoms with van der Waals surface area (Å²) in [5.41, 5.74) is 3.24. The number of hydrogen-bond acceptors (Lipinski definition) is 2. The summed E-state index contributed by atoms with van der Waals surface area (Å²) in [6.07, 6.45) is 7.37. The first-order valence-electron chi connectivity index (χ1n) is 6.17. The first kappa shape index (κ1) is 15.3. The number of H-pyrrole nitrogens is 1. The van der Waals surface area contributed by atoms with Gasteiger partial charge in [-0.15, -0.1) is 12.3 Å². The van der Waals surface area contributed by atoms with Gasteiger partial charge in [-0.1, -0.05) is 15.9 Å². The molecule has 1 aromatic heterocycles. The monoisotopic (exact) mass is 353 g/mol. The van der Waals surface area contributed by atoms with Crippen molar-refractivity contribution in [1.29, 1.82) is 0 Å². The fraction of sp³-hybridized carbons (Fsp3) is 0.286. The molecule has 0 aliphatic carbocycles. The Labute approximate surface area is 128 Å². The number of halogens is 1. The Morgan fingerprint density at radius 2 is 2.25 bits per heavy atom. The lowest BCUT2D eigenvalue weighted by Crippen LogP contribution is -2.19. The number of aromatic amines is 1. The number of nitrogens with one attached hydrogen (secondary N) is 2. The Kier molecular flexibility index (Phi) is 5.38. The minimum absolute atomic E-state index is 0.374. The maximum absolute atomic E-state index is 10.5. The van der Waals surface area contributed by atoms with E-state index in [-0.39, 0.29) is 0 Å². The Morgan fingerprint density at radius 1 is 1.45 bits per heavy atom. The highest BCUT2D eigenvalue weighted by Gasteiger charge is 2.11. The van der Waals surface area contributed by atoms with Crippen molar-refractivity contribution < 1.29 is 8.76 Å². The van der Waals surface area contributed by atoms with Gasteiger partial charge in [-0.05, 0) is 36.6 Å².